The van der Waals surface area contributed by atoms with Gasteiger partial charge in [-0.1, -0.05) is 106 Å². The molecule has 0 amide bonds. The van der Waals surface area contributed by atoms with Gasteiger partial charge in [-0.15, -0.1) is 0 Å². The number of benzene rings is 2. The monoisotopic (exact) mass is 320 g/mol. The van der Waals surface area contributed by atoms with Crippen molar-refractivity contribution < 1.29 is 0 Å². The van der Waals surface area contributed by atoms with Gasteiger partial charge in [0, 0.05) is 5.92 Å². The van der Waals surface area contributed by atoms with E-state index in [0.717, 1.165) is 0 Å². The van der Waals surface area contributed by atoms with Gasteiger partial charge in [-0.25, -0.2) is 0 Å². The largest absolute Gasteiger partial charge is 0.0622 e. The maximum Gasteiger partial charge on any atom is 0.00893 e. The molecule has 0 aromatic heterocycles. The standard InChI is InChI=1S/C24H32/c1-2-4-6-9-13-21-17-19-23(20-18-21)24(16-12-7-5-3-1)22-14-10-8-11-15-22/h8,10-11,14-15,17-20,24H,1-7,9,12-13,16H2. The average molecular weight is 321 g/mol. The minimum absolute atomic E-state index is 0.563. The molecule has 128 valence electrons. The van der Waals surface area contributed by atoms with Crippen molar-refractivity contribution in [3.63, 3.8) is 0 Å². The fraction of sp³-hybridized carbons (Fsp3) is 0.500. The molecule has 2 bridgehead atoms. The van der Waals surface area contributed by atoms with Crippen LogP contribution in [-0.2, 0) is 6.42 Å². The minimum atomic E-state index is 0.563. The third-order valence-corrected chi connectivity index (χ3v) is 5.54. The molecule has 0 radical (unpaired) electrons. The predicted molar refractivity (Wildman–Crippen MR) is 105 cm³/mol. The van der Waals surface area contributed by atoms with E-state index in [4.69, 9.17) is 0 Å². The lowest BCUT2D eigenvalue weighted by Gasteiger charge is -2.19. The van der Waals surface area contributed by atoms with Crippen molar-refractivity contribution >= 4 is 0 Å². The molecule has 0 aliphatic heterocycles. The zero-order valence-corrected chi connectivity index (χ0v) is 15.1. The second kappa shape index (κ2) is 9.67. The van der Waals surface area contributed by atoms with Crippen LogP contribution in [0.25, 0.3) is 0 Å². The van der Waals surface area contributed by atoms with Crippen LogP contribution in [0.5, 0.6) is 0 Å². The minimum Gasteiger partial charge on any atom is -0.0622 e. The first-order chi connectivity index (χ1) is 11.9. The van der Waals surface area contributed by atoms with Gasteiger partial charge >= 0.3 is 0 Å². The molecule has 0 saturated carbocycles. The summed E-state index contributed by atoms with van der Waals surface area (Å²) in [6, 6.07) is 20.6. The summed E-state index contributed by atoms with van der Waals surface area (Å²) in [6.45, 7) is 0. The van der Waals surface area contributed by atoms with Gasteiger partial charge in [0.05, 0.1) is 0 Å². The van der Waals surface area contributed by atoms with E-state index in [1.807, 2.05) is 0 Å². The van der Waals surface area contributed by atoms with E-state index in [1.54, 1.807) is 0 Å². The molecule has 4 rings (SSSR count). The Hall–Kier alpha value is -1.56. The van der Waals surface area contributed by atoms with Crippen LogP contribution in [0.15, 0.2) is 54.6 Å². The summed E-state index contributed by atoms with van der Waals surface area (Å²) < 4.78 is 0. The van der Waals surface area contributed by atoms with Crippen molar-refractivity contribution in [3.05, 3.63) is 71.3 Å². The van der Waals surface area contributed by atoms with Crippen molar-refractivity contribution in [2.75, 3.05) is 0 Å². The normalized spacial score (nSPS) is 20.8. The van der Waals surface area contributed by atoms with Crippen LogP contribution in [0.2, 0.25) is 0 Å². The summed E-state index contributed by atoms with van der Waals surface area (Å²) in [7, 11) is 0. The molecule has 0 N–H and O–H groups in total. The summed E-state index contributed by atoms with van der Waals surface area (Å²) in [6.07, 6.45) is 15.2. The van der Waals surface area contributed by atoms with E-state index in [1.165, 1.54) is 87.3 Å². The maximum atomic E-state index is 2.39. The third-order valence-electron chi connectivity index (χ3n) is 5.54. The zero-order chi connectivity index (χ0) is 16.5. The first-order valence-electron chi connectivity index (χ1n) is 10.1. The lowest BCUT2D eigenvalue weighted by atomic mass is 9.86. The highest BCUT2D eigenvalue weighted by atomic mass is 14.2. The van der Waals surface area contributed by atoms with Crippen molar-refractivity contribution in [2.24, 2.45) is 0 Å². The molecule has 2 aliphatic rings. The van der Waals surface area contributed by atoms with Gasteiger partial charge in [0.25, 0.3) is 0 Å². The molecule has 0 nitrogen and oxygen atoms in total. The van der Waals surface area contributed by atoms with Crippen LogP contribution in [0, 0.1) is 0 Å². The molecule has 24 heavy (non-hydrogen) atoms. The summed E-state index contributed by atoms with van der Waals surface area (Å²) in [5.41, 5.74) is 4.49. The van der Waals surface area contributed by atoms with Crippen LogP contribution >= 0.6 is 0 Å². The predicted octanol–water partition coefficient (Wildman–Crippen LogP) is 7.28. The Morgan fingerprint density at radius 1 is 0.500 bits per heavy atom. The van der Waals surface area contributed by atoms with E-state index in [0.29, 0.717) is 5.92 Å². The third kappa shape index (κ3) is 5.23. The number of rotatable bonds is 1. The number of hydrogen-bond donors (Lipinski definition) is 0. The zero-order valence-electron chi connectivity index (χ0n) is 15.1. The van der Waals surface area contributed by atoms with Gasteiger partial charge in [0.1, 0.15) is 0 Å². The highest BCUT2D eigenvalue weighted by Crippen LogP contribution is 2.30. The molecule has 1 unspecified atom stereocenters. The van der Waals surface area contributed by atoms with Crippen molar-refractivity contribution in [3.8, 4) is 0 Å². The van der Waals surface area contributed by atoms with Gasteiger partial charge in [-0.3, -0.25) is 0 Å². The molecule has 2 aromatic rings. The fourth-order valence-electron chi connectivity index (χ4n) is 4.04. The second-order valence-electron chi connectivity index (χ2n) is 7.43. The van der Waals surface area contributed by atoms with Gasteiger partial charge in [0.15, 0.2) is 0 Å². The fourth-order valence-corrected chi connectivity index (χ4v) is 4.04. The lowest BCUT2D eigenvalue weighted by Crippen LogP contribution is -2.02. The van der Waals surface area contributed by atoms with Crippen molar-refractivity contribution in [1.29, 1.82) is 0 Å². The number of aryl methyl sites for hydroxylation is 1. The SMILES string of the molecule is c1ccc(C2CCCCCCCCCCCc3ccc2cc3)cc1. The van der Waals surface area contributed by atoms with E-state index in [2.05, 4.69) is 54.6 Å². The van der Waals surface area contributed by atoms with Crippen LogP contribution in [0.4, 0.5) is 0 Å². The van der Waals surface area contributed by atoms with Crippen LogP contribution in [0.3, 0.4) is 0 Å². The Kier molecular flexibility index (Phi) is 6.96. The van der Waals surface area contributed by atoms with Crippen molar-refractivity contribution in [1.82, 2.24) is 0 Å². The molecular weight excluding hydrogens is 288 g/mol. The van der Waals surface area contributed by atoms with E-state index < -0.39 is 0 Å². The molecule has 1 atom stereocenters. The second-order valence-corrected chi connectivity index (χ2v) is 7.43. The molecule has 2 aliphatic carbocycles. The Labute approximate surface area is 148 Å². The Morgan fingerprint density at radius 3 is 1.71 bits per heavy atom. The molecular formula is C24H32. The van der Waals surface area contributed by atoms with E-state index >= 15 is 0 Å². The molecule has 0 saturated heterocycles. The molecule has 0 spiro atoms. The Bertz CT molecular complexity index is 567. The summed E-state index contributed by atoms with van der Waals surface area (Å²) in [4.78, 5) is 0. The molecule has 0 heterocycles. The first-order valence-corrected chi connectivity index (χ1v) is 10.1. The van der Waals surface area contributed by atoms with Crippen LogP contribution < -0.4 is 0 Å². The van der Waals surface area contributed by atoms with E-state index in [9.17, 15) is 0 Å². The van der Waals surface area contributed by atoms with Gasteiger partial charge in [-0.05, 0) is 36.0 Å². The smallest absolute Gasteiger partial charge is 0.00893 e. The number of hydrogen-bond acceptors (Lipinski definition) is 0. The Morgan fingerprint density at radius 2 is 1.04 bits per heavy atom. The van der Waals surface area contributed by atoms with Crippen LogP contribution in [-0.4, -0.2) is 0 Å². The van der Waals surface area contributed by atoms with Gasteiger partial charge in [-0.2, -0.15) is 0 Å². The Balaban J connectivity index is 1.76. The maximum absolute atomic E-state index is 2.39. The number of fused-ring (bicyclic) bond motifs is 13. The van der Waals surface area contributed by atoms with Gasteiger partial charge < -0.3 is 0 Å². The molecule has 0 heteroatoms. The molecule has 2 aromatic carbocycles. The average Bonchev–Trinajstić information content (AvgIpc) is 2.63. The lowest BCUT2D eigenvalue weighted by molar-refractivity contribution is 0.540. The summed E-state index contributed by atoms with van der Waals surface area (Å²) in [5, 5.41) is 0. The van der Waals surface area contributed by atoms with Crippen LogP contribution in [0.1, 0.15) is 86.8 Å². The first kappa shape index (κ1) is 17.3. The quantitative estimate of drug-likeness (QED) is 0.518. The molecule has 0 fully saturated rings. The summed E-state index contributed by atoms with van der Waals surface area (Å²) >= 11 is 0. The highest BCUT2D eigenvalue weighted by Gasteiger charge is 2.13. The summed E-state index contributed by atoms with van der Waals surface area (Å²) in [5.74, 6) is 0.563. The van der Waals surface area contributed by atoms with E-state index in [-0.39, 0.29) is 0 Å². The topological polar surface area (TPSA) is 0 Å². The van der Waals surface area contributed by atoms with Gasteiger partial charge in [0.2, 0.25) is 0 Å². The highest BCUT2D eigenvalue weighted by molar-refractivity contribution is 5.34. The van der Waals surface area contributed by atoms with Crippen molar-refractivity contribution in [2.45, 2.75) is 76.5 Å².